The monoisotopic (exact) mass is 171 g/mol. The summed E-state index contributed by atoms with van der Waals surface area (Å²) in [5.41, 5.74) is 0. The lowest BCUT2D eigenvalue weighted by atomic mass is 9.89. The van der Waals surface area contributed by atoms with E-state index in [2.05, 4.69) is 30.6 Å². The van der Waals surface area contributed by atoms with Crippen LogP contribution in [0.4, 0.5) is 0 Å². The molecule has 0 N–H and O–H groups in total. The van der Waals surface area contributed by atoms with Crippen molar-refractivity contribution in [1.29, 1.82) is 0 Å². The van der Waals surface area contributed by atoms with Gasteiger partial charge in [0.15, 0.2) is 0 Å². The molecule has 2 rings (SSSR count). The Morgan fingerprint density at radius 1 is 1.18 bits per heavy atom. The Morgan fingerprint density at radius 3 is 2.27 bits per heavy atom. The Balaban J connectivity index is 2.07. The highest BCUT2D eigenvalue weighted by Crippen LogP contribution is 2.33. The van der Waals surface area contributed by atoms with Crippen molar-refractivity contribution in [3.63, 3.8) is 0 Å². The second-order valence-electron chi connectivity index (χ2n) is 4.09. The summed E-state index contributed by atoms with van der Waals surface area (Å²) in [6.07, 6.45) is 2.86. The minimum atomic E-state index is 0.891. The van der Waals surface area contributed by atoms with Crippen molar-refractivity contribution in [2.45, 2.75) is 31.8 Å². The van der Waals surface area contributed by atoms with Crippen molar-refractivity contribution in [3.8, 4) is 0 Å². The Morgan fingerprint density at radius 2 is 1.73 bits per heavy atom. The van der Waals surface area contributed by atoms with Crippen molar-refractivity contribution in [3.05, 3.63) is 0 Å². The molecule has 0 radical (unpaired) electrons. The largest absolute Gasteiger partial charge is 0.299 e. The zero-order chi connectivity index (χ0) is 7.84. The third-order valence-electron chi connectivity index (χ3n) is 3.12. The van der Waals surface area contributed by atoms with E-state index in [1.165, 1.54) is 24.3 Å². The van der Waals surface area contributed by atoms with Gasteiger partial charge in [-0.05, 0) is 25.8 Å². The highest BCUT2D eigenvalue weighted by molar-refractivity contribution is 7.99. The van der Waals surface area contributed by atoms with Gasteiger partial charge in [-0.1, -0.05) is 6.92 Å². The molecule has 2 saturated heterocycles. The summed E-state index contributed by atoms with van der Waals surface area (Å²) >= 11 is 2.15. The maximum atomic E-state index is 2.61. The molecule has 2 aliphatic rings. The van der Waals surface area contributed by atoms with E-state index >= 15 is 0 Å². The lowest BCUT2D eigenvalue weighted by Gasteiger charge is -2.45. The lowest BCUT2D eigenvalue weighted by molar-refractivity contribution is 0.104. The molecule has 2 atom stereocenters. The molecule has 2 heterocycles. The SMILES string of the molecule is CC1CC2CSCC(C1)N2C. The second-order valence-corrected chi connectivity index (χ2v) is 5.16. The zero-order valence-electron chi connectivity index (χ0n) is 7.42. The number of nitrogens with zero attached hydrogens (tertiary/aromatic N) is 1. The molecule has 2 unspecified atom stereocenters. The minimum absolute atomic E-state index is 0.891. The van der Waals surface area contributed by atoms with E-state index in [-0.39, 0.29) is 0 Å². The van der Waals surface area contributed by atoms with Crippen LogP contribution in [0.1, 0.15) is 19.8 Å². The summed E-state index contributed by atoms with van der Waals surface area (Å²) < 4.78 is 0. The molecule has 11 heavy (non-hydrogen) atoms. The molecule has 0 aromatic heterocycles. The van der Waals surface area contributed by atoms with E-state index in [1.807, 2.05) is 0 Å². The van der Waals surface area contributed by atoms with Crippen molar-refractivity contribution in [2.75, 3.05) is 18.6 Å². The fraction of sp³-hybridized carbons (Fsp3) is 1.00. The summed E-state index contributed by atoms with van der Waals surface area (Å²) in [5.74, 6) is 3.72. The summed E-state index contributed by atoms with van der Waals surface area (Å²) in [4.78, 5) is 2.61. The Kier molecular flexibility index (Phi) is 2.15. The van der Waals surface area contributed by atoms with Crippen molar-refractivity contribution in [1.82, 2.24) is 4.90 Å². The molecule has 2 bridgehead atoms. The third kappa shape index (κ3) is 1.43. The molecule has 0 amide bonds. The molecule has 0 aromatic rings. The van der Waals surface area contributed by atoms with E-state index in [9.17, 15) is 0 Å². The van der Waals surface area contributed by atoms with Gasteiger partial charge in [-0.25, -0.2) is 0 Å². The van der Waals surface area contributed by atoms with Crippen molar-refractivity contribution >= 4 is 11.8 Å². The highest BCUT2D eigenvalue weighted by Gasteiger charge is 2.34. The number of hydrogen-bond acceptors (Lipinski definition) is 2. The molecular weight excluding hydrogens is 154 g/mol. The van der Waals surface area contributed by atoms with E-state index in [0.29, 0.717) is 0 Å². The average Bonchev–Trinajstić information content (AvgIpc) is 1.92. The van der Waals surface area contributed by atoms with E-state index in [4.69, 9.17) is 0 Å². The predicted octanol–water partition coefficient (Wildman–Crippen LogP) is 1.83. The van der Waals surface area contributed by atoms with Gasteiger partial charge in [-0.2, -0.15) is 11.8 Å². The van der Waals surface area contributed by atoms with Gasteiger partial charge >= 0.3 is 0 Å². The number of rotatable bonds is 0. The van der Waals surface area contributed by atoms with Gasteiger partial charge < -0.3 is 0 Å². The first-order valence-corrected chi connectivity index (χ1v) is 5.72. The number of piperidine rings is 1. The maximum Gasteiger partial charge on any atom is 0.0189 e. The quantitative estimate of drug-likeness (QED) is 0.547. The van der Waals surface area contributed by atoms with Gasteiger partial charge in [0, 0.05) is 23.6 Å². The fourth-order valence-electron chi connectivity index (χ4n) is 2.37. The summed E-state index contributed by atoms with van der Waals surface area (Å²) in [5, 5.41) is 0. The topological polar surface area (TPSA) is 3.24 Å². The van der Waals surface area contributed by atoms with Crippen molar-refractivity contribution in [2.24, 2.45) is 5.92 Å². The molecular formula is C9H17NS. The average molecular weight is 171 g/mol. The van der Waals surface area contributed by atoms with Crippen LogP contribution in [0.2, 0.25) is 0 Å². The number of hydrogen-bond donors (Lipinski definition) is 0. The first-order chi connectivity index (χ1) is 5.27. The van der Waals surface area contributed by atoms with Gasteiger partial charge in [-0.3, -0.25) is 4.90 Å². The van der Waals surface area contributed by atoms with Gasteiger partial charge in [-0.15, -0.1) is 0 Å². The molecule has 64 valence electrons. The Bertz CT molecular complexity index is 134. The first kappa shape index (κ1) is 7.93. The van der Waals surface area contributed by atoms with Gasteiger partial charge in [0.1, 0.15) is 0 Å². The van der Waals surface area contributed by atoms with Gasteiger partial charge in [0.25, 0.3) is 0 Å². The van der Waals surface area contributed by atoms with E-state index in [0.717, 1.165) is 18.0 Å². The zero-order valence-corrected chi connectivity index (χ0v) is 8.23. The summed E-state index contributed by atoms with van der Waals surface area (Å²) in [6.45, 7) is 2.41. The van der Waals surface area contributed by atoms with Crippen LogP contribution in [0.5, 0.6) is 0 Å². The van der Waals surface area contributed by atoms with Crippen LogP contribution < -0.4 is 0 Å². The van der Waals surface area contributed by atoms with Gasteiger partial charge in [0.2, 0.25) is 0 Å². The highest BCUT2D eigenvalue weighted by atomic mass is 32.2. The number of fused-ring (bicyclic) bond motifs is 2. The smallest absolute Gasteiger partial charge is 0.0189 e. The number of thioether (sulfide) groups is 1. The standard InChI is InChI=1S/C9H17NS/c1-7-3-8-5-11-6-9(4-7)10(8)2/h7-9H,3-6H2,1-2H3. The lowest BCUT2D eigenvalue weighted by Crippen LogP contribution is -2.51. The van der Waals surface area contributed by atoms with E-state index in [1.54, 1.807) is 0 Å². The molecule has 0 aliphatic carbocycles. The van der Waals surface area contributed by atoms with Crippen LogP contribution in [0.3, 0.4) is 0 Å². The molecule has 2 heteroatoms. The van der Waals surface area contributed by atoms with Crippen LogP contribution in [0, 0.1) is 5.92 Å². The molecule has 0 aromatic carbocycles. The molecule has 2 aliphatic heterocycles. The van der Waals surface area contributed by atoms with Crippen LogP contribution >= 0.6 is 11.8 Å². The van der Waals surface area contributed by atoms with Crippen LogP contribution in [0.25, 0.3) is 0 Å². The molecule has 0 spiro atoms. The third-order valence-corrected chi connectivity index (χ3v) is 4.36. The Hall–Kier alpha value is 0.310. The van der Waals surface area contributed by atoms with Crippen LogP contribution in [-0.2, 0) is 0 Å². The van der Waals surface area contributed by atoms with Crippen LogP contribution in [0.15, 0.2) is 0 Å². The molecule has 2 fully saturated rings. The molecule has 1 nitrogen and oxygen atoms in total. The predicted molar refractivity (Wildman–Crippen MR) is 51.1 cm³/mol. The van der Waals surface area contributed by atoms with Crippen LogP contribution in [-0.4, -0.2) is 35.5 Å². The molecule has 0 saturated carbocycles. The minimum Gasteiger partial charge on any atom is -0.299 e. The normalized spacial score (nSPS) is 45.8. The van der Waals surface area contributed by atoms with E-state index < -0.39 is 0 Å². The fourth-order valence-corrected chi connectivity index (χ4v) is 3.79. The maximum absolute atomic E-state index is 2.61. The second kappa shape index (κ2) is 2.98. The summed E-state index contributed by atoms with van der Waals surface area (Å²) in [6, 6.07) is 1.78. The summed E-state index contributed by atoms with van der Waals surface area (Å²) in [7, 11) is 2.31. The van der Waals surface area contributed by atoms with Gasteiger partial charge in [0.05, 0.1) is 0 Å². The Labute approximate surface area is 73.5 Å². The van der Waals surface area contributed by atoms with Crippen molar-refractivity contribution < 1.29 is 0 Å². The first-order valence-electron chi connectivity index (χ1n) is 4.57.